The molecule has 0 unspecified atom stereocenters. The first kappa shape index (κ1) is 19.3. The highest BCUT2D eigenvalue weighted by Crippen LogP contribution is 2.21. The summed E-state index contributed by atoms with van der Waals surface area (Å²) in [4.78, 5) is 28.0. The van der Waals surface area contributed by atoms with Gasteiger partial charge in [0.05, 0.1) is 35.1 Å². The summed E-state index contributed by atoms with van der Waals surface area (Å²) in [6.07, 6.45) is 3.23. The predicted octanol–water partition coefficient (Wildman–Crippen LogP) is 0.583. The monoisotopic (exact) mass is 383 g/mol. The molecule has 0 aliphatic rings. The quantitative estimate of drug-likeness (QED) is 0.521. The fourth-order valence-electron chi connectivity index (χ4n) is 2.82. The van der Waals surface area contributed by atoms with Gasteiger partial charge in [0.25, 0.3) is 5.91 Å². The number of aromatic nitrogens is 3. The predicted molar refractivity (Wildman–Crippen MR) is 101 cm³/mol. The van der Waals surface area contributed by atoms with Crippen molar-refractivity contribution < 1.29 is 19.4 Å². The summed E-state index contributed by atoms with van der Waals surface area (Å²) < 4.78 is 7.33. The average molecular weight is 383 g/mol. The molecule has 0 radical (unpaired) electrons. The van der Waals surface area contributed by atoms with Crippen LogP contribution in [0.3, 0.4) is 0 Å². The highest BCUT2D eigenvalue weighted by Gasteiger charge is 2.21. The third kappa shape index (κ3) is 4.44. The molecular formula is C19H21N5O4. The standard InChI is InChI=1S/C19H21N5O4/c1-12-18(19(27)22-14(10-25)8-17(20)26)16-9-15(5-7-24(16)23-12)28-11-13-4-2-3-6-21-13/h2-7,9,14,25H,8,10-11H2,1H3,(H2,20,26)(H,22,27)/t14-/m1/s1. The summed E-state index contributed by atoms with van der Waals surface area (Å²) in [6.45, 7) is 1.60. The Morgan fingerprint density at radius 1 is 1.36 bits per heavy atom. The Morgan fingerprint density at radius 2 is 2.18 bits per heavy atom. The van der Waals surface area contributed by atoms with Gasteiger partial charge in [-0.1, -0.05) is 6.07 Å². The van der Waals surface area contributed by atoms with E-state index >= 15 is 0 Å². The van der Waals surface area contributed by atoms with E-state index in [1.54, 1.807) is 36.0 Å². The van der Waals surface area contributed by atoms with Crippen molar-refractivity contribution in [1.82, 2.24) is 19.9 Å². The largest absolute Gasteiger partial charge is 0.487 e. The zero-order chi connectivity index (χ0) is 20.1. The molecule has 0 bridgehead atoms. The van der Waals surface area contributed by atoms with Gasteiger partial charge in [-0.2, -0.15) is 5.10 Å². The first-order chi connectivity index (χ1) is 13.5. The molecule has 3 rings (SSSR count). The van der Waals surface area contributed by atoms with Crippen LogP contribution in [0, 0.1) is 6.92 Å². The summed E-state index contributed by atoms with van der Waals surface area (Å²) in [6, 6.07) is 8.25. The van der Waals surface area contributed by atoms with E-state index in [9.17, 15) is 14.7 Å². The van der Waals surface area contributed by atoms with Gasteiger partial charge in [-0.25, -0.2) is 4.52 Å². The lowest BCUT2D eigenvalue weighted by atomic mass is 10.1. The molecule has 146 valence electrons. The van der Waals surface area contributed by atoms with Gasteiger partial charge in [0.2, 0.25) is 5.91 Å². The van der Waals surface area contributed by atoms with Crippen LogP contribution in [-0.2, 0) is 11.4 Å². The smallest absolute Gasteiger partial charge is 0.255 e. The van der Waals surface area contributed by atoms with Crippen molar-refractivity contribution in [2.75, 3.05) is 6.61 Å². The number of hydrogen-bond acceptors (Lipinski definition) is 6. The number of fused-ring (bicyclic) bond motifs is 1. The van der Waals surface area contributed by atoms with Crippen LogP contribution in [0.4, 0.5) is 0 Å². The van der Waals surface area contributed by atoms with Gasteiger partial charge in [-0.3, -0.25) is 14.6 Å². The summed E-state index contributed by atoms with van der Waals surface area (Å²) in [5.41, 5.74) is 7.32. The lowest BCUT2D eigenvalue weighted by Gasteiger charge is -2.14. The lowest BCUT2D eigenvalue weighted by Crippen LogP contribution is -2.40. The maximum atomic E-state index is 12.7. The maximum Gasteiger partial charge on any atom is 0.255 e. The number of pyridine rings is 2. The fraction of sp³-hybridized carbons (Fsp3) is 0.263. The Bertz CT molecular complexity index is 987. The molecule has 0 spiro atoms. The van der Waals surface area contributed by atoms with E-state index in [0.29, 0.717) is 22.5 Å². The zero-order valence-electron chi connectivity index (χ0n) is 15.3. The van der Waals surface area contributed by atoms with Crippen molar-refractivity contribution in [2.45, 2.75) is 26.0 Å². The van der Waals surface area contributed by atoms with E-state index < -0.39 is 24.5 Å². The van der Waals surface area contributed by atoms with E-state index in [4.69, 9.17) is 10.5 Å². The van der Waals surface area contributed by atoms with Gasteiger partial charge in [0.15, 0.2) is 0 Å². The molecule has 0 aliphatic carbocycles. The third-order valence-corrected chi connectivity index (χ3v) is 4.12. The average Bonchev–Trinajstić information content (AvgIpc) is 3.01. The zero-order valence-corrected chi connectivity index (χ0v) is 15.3. The minimum atomic E-state index is -0.761. The van der Waals surface area contributed by atoms with E-state index in [1.807, 2.05) is 18.2 Å². The van der Waals surface area contributed by atoms with Crippen molar-refractivity contribution >= 4 is 17.3 Å². The molecule has 0 saturated heterocycles. The van der Waals surface area contributed by atoms with Crippen LogP contribution in [0.15, 0.2) is 42.7 Å². The Hall–Kier alpha value is -3.46. The Balaban J connectivity index is 1.82. The number of carbonyl (C=O) groups excluding carboxylic acids is 2. The molecule has 2 amide bonds. The van der Waals surface area contributed by atoms with Crippen molar-refractivity contribution in [3.63, 3.8) is 0 Å². The Labute approximate surface area is 161 Å². The van der Waals surface area contributed by atoms with Crippen molar-refractivity contribution in [3.05, 3.63) is 59.7 Å². The van der Waals surface area contributed by atoms with Crippen molar-refractivity contribution in [2.24, 2.45) is 5.73 Å². The van der Waals surface area contributed by atoms with Crippen LogP contribution >= 0.6 is 0 Å². The summed E-state index contributed by atoms with van der Waals surface area (Å²) >= 11 is 0. The van der Waals surface area contributed by atoms with Crippen molar-refractivity contribution in [1.29, 1.82) is 0 Å². The normalized spacial score (nSPS) is 11.9. The molecule has 9 nitrogen and oxygen atoms in total. The van der Waals surface area contributed by atoms with Gasteiger partial charge >= 0.3 is 0 Å². The molecular weight excluding hydrogens is 362 g/mol. The number of amides is 2. The van der Waals surface area contributed by atoms with E-state index in [1.165, 1.54) is 0 Å². The number of nitrogens with two attached hydrogens (primary N) is 1. The summed E-state index contributed by atoms with van der Waals surface area (Å²) in [5.74, 6) is -0.501. The van der Waals surface area contributed by atoms with Gasteiger partial charge < -0.3 is 20.9 Å². The number of nitrogens with zero attached hydrogens (tertiary/aromatic N) is 3. The molecule has 3 aromatic rings. The number of carbonyl (C=O) groups is 2. The number of ether oxygens (including phenoxy) is 1. The first-order valence-electron chi connectivity index (χ1n) is 8.69. The molecule has 28 heavy (non-hydrogen) atoms. The van der Waals surface area contributed by atoms with E-state index in [2.05, 4.69) is 15.4 Å². The number of aliphatic hydroxyl groups excluding tert-OH is 1. The number of aryl methyl sites for hydroxylation is 1. The number of rotatable bonds is 8. The van der Waals surface area contributed by atoms with Crippen LogP contribution in [0.2, 0.25) is 0 Å². The third-order valence-electron chi connectivity index (χ3n) is 4.12. The van der Waals surface area contributed by atoms with Gasteiger partial charge in [-0.15, -0.1) is 0 Å². The maximum absolute atomic E-state index is 12.7. The SMILES string of the molecule is Cc1nn2ccc(OCc3ccccn3)cc2c1C(=O)N[C@@H](CO)CC(N)=O. The summed E-state index contributed by atoms with van der Waals surface area (Å²) in [5, 5.41) is 16.3. The molecule has 1 atom stereocenters. The highest BCUT2D eigenvalue weighted by atomic mass is 16.5. The van der Waals surface area contributed by atoms with Crippen LogP contribution < -0.4 is 15.8 Å². The molecule has 0 fully saturated rings. The number of primary amides is 1. The molecule has 3 aromatic heterocycles. The lowest BCUT2D eigenvalue weighted by molar-refractivity contribution is -0.118. The van der Waals surface area contributed by atoms with E-state index in [-0.39, 0.29) is 13.0 Å². The Morgan fingerprint density at radius 3 is 2.86 bits per heavy atom. The van der Waals surface area contributed by atoms with Crippen molar-refractivity contribution in [3.8, 4) is 5.75 Å². The fourth-order valence-corrected chi connectivity index (χ4v) is 2.82. The minimum Gasteiger partial charge on any atom is -0.487 e. The molecule has 0 saturated carbocycles. The van der Waals surface area contributed by atoms with Gasteiger partial charge in [0, 0.05) is 24.9 Å². The second-order valence-electron chi connectivity index (χ2n) is 6.29. The molecule has 4 N–H and O–H groups in total. The molecule has 9 heteroatoms. The Kier molecular flexibility index (Phi) is 5.85. The number of hydrogen-bond donors (Lipinski definition) is 3. The van der Waals surface area contributed by atoms with Crippen LogP contribution in [-0.4, -0.2) is 44.2 Å². The second kappa shape index (κ2) is 8.49. The topological polar surface area (TPSA) is 132 Å². The molecule has 3 heterocycles. The van der Waals surface area contributed by atoms with Gasteiger partial charge in [-0.05, 0) is 25.1 Å². The highest BCUT2D eigenvalue weighted by molar-refractivity contribution is 6.02. The number of nitrogens with one attached hydrogen (secondary N) is 1. The molecule has 0 aromatic carbocycles. The summed E-state index contributed by atoms with van der Waals surface area (Å²) in [7, 11) is 0. The second-order valence-corrected chi connectivity index (χ2v) is 6.29. The first-order valence-corrected chi connectivity index (χ1v) is 8.69. The van der Waals surface area contributed by atoms with Crippen LogP contribution in [0.1, 0.15) is 28.2 Å². The number of aliphatic hydroxyl groups is 1. The van der Waals surface area contributed by atoms with E-state index in [0.717, 1.165) is 5.69 Å². The molecule has 0 aliphatic heterocycles. The van der Waals surface area contributed by atoms with Crippen LogP contribution in [0.5, 0.6) is 5.75 Å². The minimum absolute atomic E-state index is 0.154. The van der Waals surface area contributed by atoms with Gasteiger partial charge in [0.1, 0.15) is 12.4 Å². The van der Waals surface area contributed by atoms with Crippen LogP contribution in [0.25, 0.3) is 5.52 Å².